The van der Waals surface area contributed by atoms with Crippen LogP contribution in [0.1, 0.15) is 108 Å². The van der Waals surface area contributed by atoms with Gasteiger partial charge in [-0.3, -0.25) is 82.1 Å². The van der Waals surface area contributed by atoms with E-state index in [9.17, 15) is 67.7 Å². The van der Waals surface area contributed by atoms with Gasteiger partial charge in [-0.1, -0.05) is 44.2 Å². The van der Waals surface area contributed by atoms with Crippen molar-refractivity contribution in [3.8, 4) is 5.75 Å². The second-order valence-corrected chi connectivity index (χ2v) is 26.8. The number of primary amides is 1. The van der Waals surface area contributed by atoms with Crippen LogP contribution >= 0.6 is 11.8 Å². The number of unbranched alkanes of at least 4 members (excludes halogenated alkanes) is 1. The van der Waals surface area contributed by atoms with Crippen LogP contribution in [0.4, 0.5) is 4.39 Å². The summed E-state index contributed by atoms with van der Waals surface area (Å²) >= 11 is 0.792. The number of rotatable bonds is 25. The fourth-order valence-corrected chi connectivity index (χ4v) is 12.1. The summed E-state index contributed by atoms with van der Waals surface area (Å²) < 4.78 is 15.7. The zero-order valence-electron chi connectivity index (χ0n) is 59.7. The lowest BCUT2D eigenvalue weighted by Crippen LogP contribution is -2.61. The molecular formula is C66H102FN23O16S. The molecule has 0 bridgehead atoms. The van der Waals surface area contributed by atoms with Crippen LogP contribution < -0.4 is 104 Å². The quantitative estimate of drug-likeness (QED) is 0.0249. The summed E-state index contributed by atoms with van der Waals surface area (Å²) in [6.07, 6.45) is -2.10. The van der Waals surface area contributed by atoms with Crippen molar-refractivity contribution in [1.82, 2.24) is 63.4 Å². The van der Waals surface area contributed by atoms with Crippen LogP contribution in [-0.2, 0) is 80.0 Å². The van der Waals surface area contributed by atoms with Gasteiger partial charge in [0.1, 0.15) is 72.0 Å². The molecule has 4 rings (SSSR count). The third-order valence-corrected chi connectivity index (χ3v) is 17.6. The molecule has 2 aromatic rings. The van der Waals surface area contributed by atoms with Gasteiger partial charge in [0.25, 0.3) is 0 Å². The van der Waals surface area contributed by atoms with Gasteiger partial charge in [0.15, 0.2) is 17.9 Å². The normalized spacial score (nSPS) is 22.9. The first-order valence-electron chi connectivity index (χ1n) is 34.8. The lowest BCUT2D eigenvalue weighted by molar-refractivity contribution is -0.143. The number of hydrogen-bond acceptors (Lipinski definition) is 20. The average molecular weight is 1520 g/mol. The molecule has 10 atom stereocenters. The molecule has 41 heteroatoms. The molecule has 0 saturated carbocycles. The number of phenolic OH excluding ortho intramolecular Hbond substituents is 1. The summed E-state index contributed by atoms with van der Waals surface area (Å²) in [4.78, 5) is 209. The monoisotopic (exact) mass is 1520 g/mol. The van der Waals surface area contributed by atoms with E-state index in [1.807, 2.05) is 0 Å². The Morgan fingerprint density at radius 3 is 1.57 bits per heavy atom. The number of nitrogens with two attached hydrogens (primary N) is 8. The second kappa shape index (κ2) is 46.0. The van der Waals surface area contributed by atoms with Gasteiger partial charge in [0.05, 0.1) is 25.3 Å². The topological polar surface area (TPSA) is 660 Å². The highest BCUT2D eigenvalue weighted by Gasteiger charge is 2.41. The molecule has 0 unspecified atom stereocenters. The number of carboxylic acid groups (broad SMARTS) is 1. The van der Waals surface area contributed by atoms with Crippen molar-refractivity contribution in [3.63, 3.8) is 0 Å². The molecule has 2 saturated heterocycles. The molecule has 2 fully saturated rings. The maximum absolute atomic E-state index is 15.7. The highest BCUT2D eigenvalue weighted by atomic mass is 32.2. The fraction of sp³-hybridized carbons (Fsp3) is 0.561. The third-order valence-electron chi connectivity index (χ3n) is 16.6. The first kappa shape index (κ1) is 88.3. The first-order chi connectivity index (χ1) is 50.7. The van der Waals surface area contributed by atoms with Gasteiger partial charge < -0.3 is 119 Å². The SMILES string of the molecule is CC(C)C[C@@H]1NC(=O)[C@H](Cc2ccc(O)cc2)NC(=O)CSC[C@@H](C(N)=O)NC(=O)CNC(=O)CNC(=O)[C@H](CCCN=C(N)N)NC(=O)[C@H](CC(=O)O)NC(=O)[C@H](CCCCN)NC(=O)[C@@H]2CCCN2C(=O)[C@H](CCCN=C(N)N)NC(=O)[C@H](Cc2ccccc2F)NC(=O)[C@H](CCCN=C(N)N)NC1=O. The Hall–Kier alpha value is -11.1. The number of guanidine groups is 3. The van der Waals surface area contributed by atoms with Gasteiger partial charge in [-0.15, -0.1) is 11.8 Å². The number of nitrogens with zero attached hydrogens (tertiary/aromatic N) is 4. The molecule has 0 aliphatic carbocycles. The molecule has 39 nitrogen and oxygen atoms in total. The summed E-state index contributed by atoms with van der Waals surface area (Å²) in [6, 6.07) is -4.77. The summed E-state index contributed by atoms with van der Waals surface area (Å²) in [5.74, 6) is -17.4. The van der Waals surface area contributed by atoms with Gasteiger partial charge >= 0.3 is 5.97 Å². The minimum atomic E-state index is -1.95. The van der Waals surface area contributed by atoms with Gasteiger partial charge in [0.2, 0.25) is 76.8 Å². The van der Waals surface area contributed by atoms with Crippen LogP contribution in [0.3, 0.4) is 0 Å². The van der Waals surface area contributed by atoms with E-state index in [-0.39, 0.29) is 151 Å². The van der Waals surface area contributed by atoms with Crippen LogP contribution in [0.5, 0.6) is 5.75 Å². The van der Waals surface area contributed by atoms with E-state index in [1.165, 1.54) is 42.5 Å². The van der Waals surface area contributed by atoms with E-state index in [1.54, 1.807) is 13.8 Å². The maximum Gasteiger partial charge on any atom is 0.305 e. The third kappa shape index (κ3) is 32.8. The van der Waals surface area contributed by atoms with Crippen LogP contribution in [0.25, 0.3) is 0 Å². The zero-order valence-corrected chi connectivity index (χ0v) is 60.6. The first-order valence-corrected chi connectivity index (χ1v) is 35.9. The van der Waals surface area contributed by atoms with E-state index < -0.39 is 181 Å². The average Bonchev–Trinajstić information content (AvgIpc) is 1.75. The van der Waals surface area contributed by atoms with Gasteiger partial charge in [0, 0.05) is 44.8 Å². The Balaban J connectivity index is 1.87. The molecule has 0 spiro atoms. The molecule has 0 radical (unpaired) electrons. The van der Waals surface area contributed by atoms with E-state index in [0.29, 0.717) is 12.0 Å². The second-order valence-electron chi connectivity index (χ2n) is 25.8. The highest BCUT2D eigenvalue weighted by Crippen LogP contribution is 2.22. The van der Waals surface area contributed by atoms with Crippen molar-refractivity contribution >= 4 is 112 Å². The Morgan fingerprint density at radius 1 is 0.542 bits per heavy atom. The number of carbonyl (C=O) groups is 14. The smallest absolute Gasteiger partial charge is 0.305 e. The van der Waals surface area contributed by atoms with Crippen molar-refractivity contribution < 1.29 is 81.7 Å². The van der Waals surface area contributed by atoms with Gasteiger partial charge in [-0.25, -0.2) is 4.39 Å². The Labute approximate surface area is 621 Å². The molecule has 0 aromatic heterocycles. The number of aliphatic imine (C=N–C) groups is 3. The summed E-state index contributed by atoms with van der Waals surface area (Å²) in [7, 11) is 0. The molecule has 2 aliphatic rings. The number of phenols is 1. The van der Waals surface area contributed by atoms with Gasteiger partial charge in [-0.05, 0) is 119 Å². The molecule has 13 amide bonds. The van der Waals surface area contributed by atoms with Crippen molar-refractivity contribution in [2.45, 2.75) is 171 Å². The number of aromatic hydroxyl groups is 1. The van der Waals surface area contributed by atoms with E-state index in [4.69, 9.17) is 45.9 Å². The lowest BCUT2D eigenvalue weighted by atomic mass is 10.00. The molecule has 2 aliphatic heterocycles. The van der Waals surface area contributed by atoms with Crippen LogP contribution in [-0.4, -0.2) is 233 Å². The Morgan fingerprint density at radius 2 is 1.02 bits per heavy atom. The Bertz CT molecular complexity index is 3510. The summed E-state index contributed by atoms with van der Waals surface area (Å²) in [6.45, 7) is 1.63. The summed E-state index contributed by atoms with van der Waals surface area (Å²) in [5, 5.41) is 47.6. The van der Waals surface area contributed by atoms with Gasteiger partial charge in [-0.2, -0.15) is 0 Å². The number of hydrogen-bond donors (Lipinski definition) is 21. The number of amides is 13. The molecule has 107 heavy (non-hydrogen) atoms. The van der Waals surface area contributed by atoms with E-state index in [0.717, 1.165) is 22.7 Å². The van der Waals surface area contributed by atoms with Crippen molar-refractivity contribution in [1.29, 1.82) is 0 Å². The van der Waals surface area contributed by atoms with E-state index in [2.05, 4.69) is 73.5 Å². The number of nitrogens with one attached hydrogen (secondary N) is 11. The number of fused-ring (bicyclic) bond motifs is 1. The molecule has 2 heterocycles. The highest BCUT2D eigenvalue weighted by molar-refractivity contribution is 8.00. The predicted molar refractivity (Wildman–Crippen MR) is 391 cm³/mol. The van der Waals surface area contributed by atoms with E-state index >= 15 is 14.0 Å². The fourth-order valence-electron chi connectivity index (χ4n) is 11.2. The number of benzene rings is 2. The zero-order chi connectivity index (χ0) is 79.3. The summed E-state index contributed by atoms with van der Waals surface area (Å²) in [5.41, 5.74) is 45.2. The Kier molecular flexibility index (Phi) is 37.9. The largest absolute Gasteiger partial charge is 0.508 e. The molecule has 590 valence electrons. The van der Waals surface area contributed by atoms with Crippen LogP contribution in [0.15, 0.2) is 63.5 Å². The lowest BCUT2D eigenvalue weighted by Gasteiger charge is -2.31. The number of aliphatic carboxylic acids is 1. The predicted octanol–water partition coefficient (Wildman–Crippen LogP) is -7.05. The number of halogens is 1. The number of thioether (sulfide) groups is 1. The van der Waals surface area contributed by atoms with Crippen molar-refractivity contribution in [2.75, 3.05) is 57.3 Å². The molecule has 29 N–H and O–H groups in total. The number of carboxylic acids is 1. The maximum atomic E-state index is 15.7. The minimum Gasteiger partial charge on any atom is -0.508 e. The molecule has 2 aromatic carbocycles. The minimum absolute atomic E-state index is 0.00133. The van der Waals surface area contributed by atoms with Crippen molar-refractivity contribution in [2.24, 2.45) is 66.8 Å². The van der Waals surface area contributed by atoms with Crippen LogP contribution in [0, 0.1) is 11.7 Å². The standard InChI is InChI=1S/C66H102FN23O16S/c1-35(2)27-44-58(101)84-42(15-8-24-77-65(72)73)57(100)88-46(29-37-11-3-4-12-39(37)67)60(103)86-43(16-9-25-78-66(74)75)63(106)90-26-10-17-49(90)62(105)85-41(13-5-6-22-68)56(99)89-47(30-53(95)96)61(104)83-40(14-7-23-76-64(70)71)55(98)80-31-50(92)79-32-51(93)82-48(54(69)97)33-107-34-52(94)81-45(59(102)87-44)28-36-18-20-38(91)21-19-36/h3-4,11-12,18-21,35,40-49,91H,5-10,13-17,22-34,68H2,1-2H3,(H2,69,97)(H,79,92)(H,80,98)(H,81,94)(H,82,93)(H,83,104)(H,84,101)(H,85,105)(H,86,103)(H,87,102)(H,88,100)(H,89,99)(H,95,96)(H4,70,71,76)(H4,72,73,77)(H4,74,75,78)/t40-,41-,42-,43-,44-,45-,46-,47-,48-,49-/m0/s1. The van der Waals surface area contributed by atoms with Crippen molar-refractivity contribution in [3.05, 3.63) is 65.5 Å². The van der Waals surface area contributed by atoms with Crippen LogP contribution in [0.2, 0.25) is 0 Å². The molecular weight excluding hydrogens is 1420 g/mol. The number of carbonyl (C=O) groups excluding carboxylic acids is 13.